The third-order valence-corrected chi connectivity index (χ3v) is 5.26. The van der Waals surface area contributed by atoms with Crippen LogP contribution in [0.4, 0.5) is 18.9 Å². The van der Waals surface area contributed by atoms with Crippen LogP contribution in [0.25, 0.3) is 0 Å². The van der Waals surface area contributed by atoms with Crippen molar-refractivity contribution in [3.8, 4) is 0 Å². The molecule has 2 aromatic rings. The largest absolute Gasteiger partial charge is 0.456 e. The predicted octanol–water partition coefficient (Wildman–Crippen LogP) is 3.21. The smallest absolute Gasteiger partial charge is 0.416 e. The fourth-order valence-corrected chi connectivity index (χ4v) is 3.46. The summed E-state index contributed by atoms with van der Waals surface area (Å²) in [6.45, 7) is -1.03. The van der Waals surface area contributed by atoms with Crippen molar-refractivity contribution in [2.75, 3.05) is 18.5 Å². The third kappa shape index (κ3) is 7.32. The van der Waals surface area contributed by atoms with Gasteiger partial charge >= 0.3 is 12.1 Å². The Bertz CT molecular complexity index is 1030. The number of esters is 1. The highest BCUT2D eigenvalue weighted by Gasteiger charge is 2.31. The number of rotatable bonds is 8. The first-order valence-electron chi connectivity index (χ1n) is 8.35. The Hall–Kier alpha value is -2.63. The van der Waals surface area contributed by atoms with Crippen LogP contribution in [0.1, 0.15) is 12.0 Å². The van der Waals surface area contributed by atoms with Crippen LogP contribution in [0.5, 0.6) is 0 Å². The van der Waals surface area contributed by atoms with E-state index >= 15 is 0 Å². The van der Waals surface area contributed by atoms with Gasteiger partial charge in [-0.15, -0.1) is 0 Å². The van der Waals surface area contributed by atoms with E-state index in [2.05, 4.69) is 5.32 Å². The van der Waals surface area contributed by atoms with Crippen LogP contribution in [0.15, 0.2) is 53.4 Å². The molecule has 0 aliphatic carbocycles. The molecule has 0 radical (unpaired) electrons. The number of alkyl halides is 3. The number of anilines is 1. The van der Waals surface area contributed by atoms with E-state index in [4.69, 9.17) is 16.3 Å². The van der Waals surface area contributed by atoms with Gasteiger partial charge in [-0.3, -0.25) is 9.59 Å². The summed E-state index contributed by atoms with van der Waals surface area (Å²) in [6.07, 6.45) is -5.12. The van der Waals surface area contributed by atoms with Crippen molar-refractivity contribution in [3.63, 3.8) is 0 Å². The second-order valence-electron chi connectivity index (χ2n) is 5.89. The summed E-state index contributed by atoms with van der Waals surface area (Å²) in [4.78, 5) is 22.8. The molecule has 0 saturated heterocycles. The molecule has 0 bridgehead atoms. The lowest BCUT2D eigenvalue weighted by Crippen LogP contribution is -2.28. The number of ether oxygens (including phenoxy) is 1. The molecule has 1 amide bonds. The van der Waals surface area contributed by atoms with Crippen LogP contribution in [-0.2, 0) is 30.5 Å². The molecule has 2 N–H and O–H groups in total. The van der Waals surface area contributed by atoms with Crippen molar-refractivity contribution in [1.29, 1.82) is 0 Å². The Morgan fingerprint density at radius 2 is 1.77 bits per heavy atom. The molecule has 0 saturated carbocycles. The number of amides is 1. The van der Waals surface area contributed by atoms with Gasteiger partial charge in [-0.25, -0.2) is 13.1 Å². The zero-order chi connectivity index (χ0) is 22.4. The first-order valence-corrected chi connectivity index (χ1v) is 10.2. The molecule has 30 heavy (non-hydrogen) atoms. The van der Waals surface area contributed by atoms with Crippen molar-refractivity contribution < 1.29 is 35.9 Å². The molecule has 0 fully saturated rings. The molecular formula is C18H16ClF3N2O5S. The van der Waals surface area contributed by atoms with Crippen molar-refractivity contribution in [1.82, 2.24) is 4.72 Å². The number of carbonyl (C=O) groups excluding carboxylic acids is 2. The van der Waals surface area contributed by atoms with Crippen LogP contribution in [0.2, 0.25) is 5.02 Å². The number of hydrogen-bond acceptors (Lipinski definition) is 5. The summed E-state index contributed by atoms with van der Waals surface area (Å²) in [5, 5.41) is 2.85. The number of sulfonamides is 1. The molecule has 2 aromatic carbocycles. The minimum absolute atomic E-state index is 0.400. The Kier molecular flexibility index (Phi) is 7.82. The predicted molar refractivity (Wildman–Crippen MR) is 102 cm³/mol. The summed E-state index contributed by atoms with van der Waals surface area (Å²) in [5.41, 5.74) is -0.715. The second-order valence-corrected chi connectivity index (χ2v) is 8.10. The maximum atomic E-state index is 12.7. The van der Waals surface area contributed by atoms with Gasteiger partial charge in [0.05, 0.1) is 16.9 Å². The van der Waals surface area contributed by atoms with Crippen LogP contribution in [0.3, 0.4) is 0 Å². The first kappa shape index (κ1) is 23.6. The van der Waals surface area contributed by atoms with E-state index in [0.29, 0.717) is 16.8 Å². The molecule has 0 spiro atoms. The Morgan fingerprint density at radius 1 is 1.07 bits per heavy atom. The summed E-state index contributed by atoms with van der Waals surface area (Å²) >= 11 is 5.78. The molecule has 0 unspecified atom stereocenters. The molecule has 2 rings (SSSR count). The Balaban J connectivity index is 1.80. The van der Waals surface area contributed by atoms with Gasteiger partial charge < -0.3 is 10.1 Å². The van der Waals surface area contributed by atoms with Gasteiger partial charge in [-0.2, -0.15) is 13.2 Å². The molecule has 162 valence electrons. The summed E-state index contributed by atoms with van der Waals surface area (Å²) in [7, 11) is -4.26. The zero-order valence-corrected chi connectivity index (χ0v) is 16.8. The van der Waals surface area contributed by atoms with Gasteiger partial charge in [0.15, 0.2) is 6.61 Å². The van der Waals surface area contributed by atoms with E-state index in [0.717, 1.165) is 18.2 Å². The number of nitrogens with one attached hydrogen (secondary N) is 2. The van der Waals surface area contributed by atoms with Crippen LogP contribution in [0, 0.1) is 0 Å². The van der Waals surface area contributed by atoms with Gasteiger partial charge in [-0.05, 0) is 36.4 Å². The van der Waals surface area contributed by atoms with Crippen LogP contribution >= 0.6 is 11.6 Å². The maximum absolute atomic E-state index is 12.7. The zero-order valence-electron chi connectivity index (χ0n) is 15.2. The highest BCUT2D eigenvalue weighted by atomic mass is 35.5. The summed E-state index contributed by atoms with van der Waals surface area (Å²) in [6, 6.07) is 9.47. The minimum atomic E-state index is -4.69. The molecule has 12 heteroatoms. The normalized spacial score (nSPS) is 11.7. The fourth-order valence-electron chi connectivity index (χ4n) is 2.19. The number of halogens is 4. The lowest BCUT2D eigenvalue weighted by atomic mass is 10.2. The van der Waals surface area contributed by atoms with E-state index in [1.54, 1.807) is 18.2 Å². The highest BCUT2D eigenvalue weighted by Crippen LogP contribution is 2.30. The van der Waals surface area contributed by atoms with Gasteiger partial charge in [0.1, 0.15) is 0 Å². The Labute approximate surface area is 175 Å². The molecular weight excluding hydrogens is 449 g/mol. The Morgan fingerprint density at radius 3 is 2.43 bits per heavy atom. The van der Waals surface area contributed by atoms with E-state index in [-0.39, 0.29) is 0 Å². The van der Waals surface area contributed by atoms with Gasteiger partial charge in [0.2, 0.25) is 10.0 Å². The number of carbonyl (C=O) groups is 2. The van der Waals surface area contributed by atoms with Crippen LogP contribution < -0.4 is 10.0 Å². The van der Waals surface area contributed by atoms with Gasteiger partial charge in [-0.1, -0.05) is 23.7 Å². The van der Waals surface area contributed by atoms with E-state index < -0.39 is 58.1 Å². The molecule has 0 aliphatic heterocycles. The summed E-state index contributed by atoms with van der Waals surface area (Å²) in [5.74, 6) is -1.50. The first-order chi connectivity index (χ1) is 14.0. The molecule has 0 atom stereocenters. The van der Waals surface area contributed by atoms with Crippen molar-refractivity contribution in [2.24, 2.45) is 0 Å². The van der Waals surface area contributed by atoms with Gasteiger partial charge in [0, 0.05) is 17.3 Å². The molecule has 0 aromatic heterocycles. The van der Waals surface area contributed by atoms with E-state index in [1.807, 2.05) is 4.72 Å². The van der Waals surface area contributed by atoms with Crippen molar-refractivity contribution in [2.45, 2.75) is 17.5 Å². The standard InChI is InChI=1S/C18H16ClF3N2O5S/c19-13-4-2-5-14(10-13)24-16(25)11-29-17(26)7-8-23-30(27,28)15-6-1-3-12(9-15)18(20,21)22/h1-6,9-10,23H,7-8,11H2,(H,24,25). The van der Waals surface area contributed by atoms with E-state index in [9.17, 15) is 31.2 Å². The fraction of sp³-hybridized carbons (Fsp3) is 0.222. The topological polar surface area (TPSA) is 102 Å². The monoisotopic (exact) mass is 464 g/mol. The third-order valence-electron chi connectivity index (χ3n) is 3.57. The maximum Gasteiger partial charge on any atom is 0.416 e. The quantitative estimate of drug-likeness (QED) is 0.584. The van der Waals surface area contributed by atoms with Crippen molar-refractivity contribution >= 4 is 39.2 Å². The average molecular weight is 465 g/mol. The minimum Gasteiger partial charge on any atom is -0.456 e. The van der Waals surface area contributed by atoms with Crippen molar-refractivity contribution in [3.05, 3.63) is 59.1 Å². The lowest BCUT2D eigenvalue weighted by Gasteiger charge is -2.10. The second kappa shape index (κ2) is 9.92. The van der Waals surface area contributed by atoms with E-state index in [1.165, 1.54) is 6.07 Å². The SMILES string of the molecule is O=C(COC(=O)CCNS(=O)(=O)c1cccc(C(F)(F)F)c1)Nc1cccc(Cl)c1. The average Bonchev–Trinajstić information content (AvgIpc) is 2.66. The van der Waals surface area contributed by atoms with Crippen LogP contribution in [-0.4, -0.2) is 33.4 Å². The lowest BCUT2D eigenvalue weighted by molar-refractivity contribution is -0.147. The molecule has 0 aliphatic rings. The number of benzene rings is 2. The molecule has 0 heterocycles. The highest BCUT2D eigenvalue weighted by molar-refractivity contribution is 7.89. The van der Waals surface area contributed by atoms with Gasteiger partial charge in [0.25, 0.3) is 5.91 Å². The number of hydrogen-bond donors (Lipinski definition) is 2. The molecule has 7 nitrogen and oxygen atoms in total. The summed E-state index contributed by atoms with van der Waals surface area (Å²) < 4.78 is 69.0.